The number of nitrogens with zero attached hydrogens (tertiary/aromatic N) is 3. The SMILES string of the molecule is CC(C)(C)N1CCN(CC(Cl)C#N)CC1. The lowest BCUT2D eigenvalue weighted by molar-refractivity contribution is 0.0637. The second-order valence-electron chi connectivity index (χ2n) is 5.06. The molecular formula is C11H20ClN3. The van der Waals surface area contributed by atoms with Gasteiger partial charge in [0.25, 0.3) is 0 Å². The van der Waals surface area contributed by atoms with Gasteiger partial charge in [-0.3, -0.25) is 9.80 Å². The molecule has 0 amide bonds. The molecule has 1 aliphatic heterocycles. The van der Waals surface area contributed by atoms with Crippen LogP contribution in [-0.2, 0) is 0 Å². The van der Waals surface area contributed by atoms with Crippen molar-refractivity contribution in [3.63, 3.8) is 0 Å². The lowest BCUT2D eigenvalue weighted by Gasteiger charge is -2.42. The zero-order valence-corrected chi connectivity index (χ0v) is 10.6. The van der Waals surface area contributed by atoms with E-state index in [4.69, 9.17) is 16.9 Å². The second kappa shape index (κ2) is 5.16. The van der Waals surface area contributed by atoms with Crippen LogP contribution in [0.1, 0.15) is 20.8 Å². The zero-order chi connectivity index (χ0) is 11.5. The zero-order valence-electron chi connectivity index (χ0n) is 9.83. The topological polar surface area (TPSA) is 30.3 Å². The first-order chi connectivity index (χ1) is 6.93. The van der Waals surface area contributed by atoms with E-state index in [9.17, 15) is 0 Å². The van der Waals surface area contributed by atoms with Gasteiger partial charge in [-0.1, -0.05) is 0 Å². The summed E-state index contributed by atoms with van der Waals surface area (Å²) in [6.07, 6.45) is 0. The van der Waals surface area contributed by atoms with E-state index in [-0.39, 0.29) is 10.9 Å². The molecule has 86 valence electrons. The van der Waals surface area contributed by atoms with Crippen LogP contribution in [0.2, 0.25) is 0 Å². The maximum atomic E-state index is 8.63. The number of piperazine rings is 1. The molecule has 0 aromatic carbocycles. The minimum Gasteiger partial charge on any atom is -0.298 e. The number of alkyl halides is 1. The van der Waals surface area contributed by atoms with E-state index in [1.165, 1.54) is 0 Å². The summed E-state index contributed by atoms with van der Waals surface area (Å²) < 4.78 is 0. The Morgan fingerprint density at radius 2 is 1.80 bits per heavy atom. The fourth-order valence-electron chi connectivity index (χ4n) is 1.87. The molecular weight excluding hydrogens is 210 g/mol. The van der Waals surface area contributed by atoms with Crippen molar-refractivity contribution in [2.45, 2.75) is 31.7 Å². The van der Waals surface area contributed by atoms with Crippen LogP contribution in [0.4, 0.5) is 0 Å². The van der Waals surface area contributed by atoms with Crippen molar-refractivity contribution in [2.75, 3.05) is 32.7 Å². The normalized spacial score (nSPS) is 22.3. The number of halogens is 1. The summed E-state index contributed by atoms with van der Waals surface area (Å²) >= 11 is 5.81. The largest absolute Gasteiger partial charge is 0.298 e. The predicted molar refractivity (Wildman–Crippen MR) is 63.0 cm³/mol. The predicted octanol–water partition coefficient (Wildman–Crippen LogP) is 1.53. The Morgan fingerprint density at radius 3 is 2.20 bits per heavy atom. The third kappa shape index (κ3) is 3.98. The highest BCUT2D eigenvalue weighted by Crippen LogP contribution is 2.16. The Kier molecular flexibility index (Phi) is 4.39. The van der Waals surface area contributed by atoms with E-state index in [1.54, 1.807) is 0 Å². The van der Waals surface area contributed by atoms with Gasteiger partial charge >= 0.3 is 0 Å². The molecule has 0 aromatic heterocycles. The van der Waals surface area contributed by atoms with E-state index in [0.29, 0.717) is 6.54 Å². The molecule has 0 saturated carbocycles. The molecule has 1 unspecified atom stereocenters. The Balaban J connectivity index is 2.34. The summed E-state index contributed by atoms with van der Waals surface area (Å²) in [6.45, 7) is 11.6. The molecule has 0 radical (unpaired) electrons. The number of nitriles is 1. The lowest BCUT2D eigenvalue weighted by atomic mass is 10.0. The van der Waals surface area contributed by atoms with Crippen LogP contribution in [0, 0.1) is 11.3 Å². The van der Waals surface area contributed by atoms with Crippen molar-refractivity contribution in [1.82, 2.24) is 9.80 Å². The quantitative estimate of drug-likeness (QED) is 0.673. The number of rotatable bonds is 2. The summed E-state index contributed by atoms with van der Waals surface area (Å²) in [4.78, 5) is 4.74. The average Bonchev–Trinajstić information content (AvgIpc) is 2.17. The molecule has 1 fully saturated rings. The van der Waals surface area contributed by atoms with E-state index >= 15 is 0 Å². The van der Waals surface area contributed by atoms with Gasteiger partial charge in [-0.25, -0.2) is 0 Å². The first-order valence-corrected chi connectivity index (χ1v) is 5.88. The van der Waals surface area contributed by atoms with Gasteiger partial charge in [-0.2, -0.15) is 5.26 Å². The molecule has 15 heavy (non-hydrogen) atoms. The van der Waals surface area contributed by atoms with Crippen LogP contribution in [0.5, 0.6) is 0 Å². The molecule has 1 atom stereocenters. The Hall–Kier alpha value is -0.300. The van der Waals surface area contributed by atoms with Crippen LogP contribution >= 0.6 is 11.6 Å². The summed E-state index contributed by atoms with van der Waals surface area (Å²) in [5, 5.41) is 8.26. The standard InChI is InChI=1S/C11H20ClN3/c1-11(2,3)15-6-4-14(5-7-15)9-10(12)8-13/h10H,4-7,9H2,1-3H3. The monoisotopic (exact) mass is 229 g/mol. The van der Waals surface area contributed by atoms with Gasteiger partial charge in [0.1, 0.15) is 5.38 Å². The minimum absolute atomic E-state index is 0.252. The first-order valence-electron chi connectivity index (χ1n) is 5.44. The second-order valence-corrected chi connectivity index (χ2v) is 5.58. The van der Waals surface area contributed by atoms with Gasteiger partial charge in [0.2, 0.25) is 0 Å². The highest BCUT2D eigenvalue weighted by atomic mass is 35.5. The first kappa shape index (κ1) is 12.8. The van der Waals surface area contributed by atoms with Crippen molar-refractivity contribution >= 4 is 11.6 Å². The number of hydrogen-bond donors (Lipinski definition) is 0. The van der Waals surface area contributed by atoms with Gasteiger partial charge in [-0.05, 0) is 20.8 Å². The third-order valence-corrected chi connectivity index (χ3v) is 3.12. The maximum Gasteiger partial charge on any atom is 0.133 e. The van der Waals surface area contributed by atoms with Crippen molar-refractivity contribution in [1.29, 1.82) is 5.26 Å². The summed E-state index contributed by atoms with van der Waals surface area (Å²) in [7, 11) is 0. The molecule has 0 aliphatic carbocycles. The lowest BCUT2D eigenvalue weighted by Crippen LogP contribution is -2.54. The fourth-order valence-corrected chi connectivity index (χ4v) is 2.06. The van der Waals surface area contributed by atoms with E-state index < -0.39 is 0 Å². The molecule has 1 rings (SSSR count). The smallest absolute Gasteiger partial charge is 0.133 e. The van der Waals surface area contributed by atoms with Crippen LogP contribution in [0.3, 0.4) is 0 Å². The van der Waals surface area contributed by atoms with E-state index in [0.717, 1.165) is 26.2 Å². The summed E-state index contributed by atoms with van der Waals surface area (Å²) in [5.41, 5.74) is 0.252. The molecule has 0 bridgehead atoms. The minimum atomic E-state index is -0.369. The van der Waals surface area contributed by atoms with Crippen LogP contribution < -0.4 is 0 Å². The third-order valence-electron chi connectivity index (χ3n) is 2.88. The van der Waals surface area contributed by atoms with Crippen LogP contribution in [0.15, 0.2) is 0 Å². The Morgan fingerprint density at radius 1 is 1.27 bits per heavy atom. The molecule has 0 N–H and O–H groups in total. The highest BCUT2D eigenvalue weighted by Gasteiger charge is 2.26. The van der Waals surface area contributed by atoms with Crippen molar-refractivity contribution in [3.05, 3.63) is 0 Å². The molecule has 0 spiro atoms. The van der Waals surface area contributed by atoms with Crippen molar-refractivity contribution in [3.8, 4) is 6.07 Å². The fraction of sp³-hybridized carbons (Fsp3) is 0.909. The Bertz CT molecular complexity index is 233. The van der Waals surface area contributed by atoms with Gasteiger partial charge < -0.3 is 0 Å². The average molecular weight is 230 g/mol. The van der Waals surface area contributed by atoms with E-state index in [2.05, 4.69) is 36.6 Å². The van der Waals surface area contributed by atoms with Crippen molar-refractivity contribution < 1.29 is 0 Å². The molecule has 1 saturated heterocycles. The van der Waals surface area contributed by atoms with Crippen LogP contribution in [-0.4, -0.2) is 53.4 Å². The van der Waals surface area contributed by atoms with Gasteiger partial charge in [-0.15, -0.1) is 11.6 Å². The number of hydrogen-bond acceptors (Lipinski definition) is 3. The van der Waals surface area contributed by atoms with E-state index in [1.807, 2.05) is 0 Å². The molecule has 3 nitrogen and oxygen atoms in total. The van der Waals surface area contributed by atoms with Gasteiger partial charge in [0, 0.05) is 38.3 Å². The molecule has 1 aliphatic rings. The highest BCUT2D eigenvalue weighted by molar-refractivity contribution is 6.22. The molecule has 1 heterocycles. The molecule has 0 aromatic rings. The Labute approximate surface area is 97.6 Å². The van der Waals surface area contributed by atoms with Crippen LogP contribution in [0.25, 0.3) is 0 Å². The maximum absolute atomic E-state index is 8.63. The van der Waals surface area contributed by atoms with Gasteiger partial charge in [0.05, 0.1) is 6.07 Å². The van der Waals surface area contributed by atoms with Crippen molar-refractivity contribution in [2.24, 2.45) is 0 Å². The summed E-state index contributed by atoms with van der Waals surface area (Å²) in [5.74, 6) is 0. The van der Waals surface area contributed by atoms with Gasteiger partial charge in [0.15, 0.2) is 0 Å². The molecule has 4 heteroatoms. The summed E-state index contributed by atoms with van der Waals surface area (Å²) in [6, 6.07) is 2.06.